The van der Waals surface area contributed by atoms with Crippen molar-refractivity contribution in [3.05, 3.63) is 33.8 Å². The molecule has 0 bridgehead atoms. The van der Waals surface area contributed by atoms with Crippen molar-refractivity contribution in [1.29, 1.82) is 0 Å². The Bertz CT molecular complexity index is 384. The molecule has 88 valence electrons. The number of nitrogens with two attached hydrogens (primary N) is 1. The predicted molar refractivity (Wildman–Crippen MR) is 69.2 cm³/mol. The standard InChI is InChI=1S/C13H18BrNO/c1-9-2-3-10(8-12(9)14)13(15)6-4-11(16)5-7-13/h2-3,8,11,16H,4-7,15H2,1H3. The first-order chi connectivity index (χ1) is 7.51. The van der Waals surface area contributed by atoms with Crippen molar-refractivity contribution in [2.45, 2.75) is 44.2 Å². The molecule has 3 heteroatoms. The van der Waals surface area contributed by atoms with E-state index in [4.69, 9.17) is 5.73 Å². The molecule has 0 amide bonds. The van der Waals surface area contributed by atoms with Crippen LogP contribution in [0.1, 0.15) is 36.8 Å². The van der Waals surface area contributed by atoms with Crippen molar-refractivity contribution in [3.8, 4) is 0 Å². The number of rotatable bonds is 1. The summed E-state index contributed by atoms with van der Waals surface area (Å²) in [6.45, 7) is 2.07. The van der Waals surface area contributed by atoms with E-state index in [0.717, 1.165) is 30.2 Å². The van der Waals surface area contributed by atoms with E-state index in [1.165, 1.54) is 11.1 Å². The van der Waals surface area contributed by atoms with E-state index in [9.17, 15) is 5.11 Å². The van der Waals surface area contributed by atoms with Crippen LogP contribution in [-0.4, -0.2) is 11.2 Å². The van der Waals surface area contributed by atoms with Gasteiger partial charge in [-0.1, -0.05) is 28.1 Å². The Morgan fingerprint density at radius 2 is 2.00 bits per heavy atom. The molecule has 0 heterocycles. The molecule has 1 aromatic rings. The first-order valence-electron chi connectivity index (χ1n) is 5.75. The van der Waals surface area contributed by atoms with Gasteiger partial charge in [-0.05, 0) is 49.8 Å². The van der Waals surface area contributed by atoms with Crippen LogP contribution in [0, 0.1) is 6.92 Å². The number of aliphatic hydroxyl groups is 1. The van der Waals surface area contributed by atoms with Crippen LogP contribution in [-0.2, 0) is 5.54 Å². The van der Waals surface area contributed by atoms with Crippen LogP contribution in [0.4, 0.5) is 0 Å². The van der Waals surface area contributed by atoms with E-state index in [-0.39, 0.29) is 11.6 Å². The highest BCUT2D eigenvalue weighted by atomic mass is 79.9. The molecule has 2 nitrogen and oxygen atoms in total. The lowest BCUT2D eigenvalue weighted by Gasteiger charge is -2.36. The van der Waals surface area contributed by atoms with Gasteiger partial charge in [0.15, 0.2) is 0 Å². The summed E-state index contributed by atoms with van der Waals surface area (Å²) in [6, 6.07) is 6.32. The summed E-state index contributed by atoms with van der Waals surface area (Å²) in [4.78, 5) is 0. The third-order valence-corrected chi connectivity index (χ3v) is 4.45. The minimum absolute atomic E-state index is 0.162. The minimum atomic E-state index is -0.255. The lowest BCUT2D eigenvalue weighted by Crippen LogP contribution is -2.41. The average molecular weight is 284 g/mol. The zero-order chi connectivity index (χ0) is 11.8. The van der Waals surface area contributed by atoms with Crippen LogP contribution in [0.3, 0.4) is 0 Å². The van der Waals surface area contributed by atoms with Gasteiger partial charge in [0, 0.05) is 10.0 Å². The van der Waals surface area contributed by atoms with E-state index < -0.39 is 0 Å². The normalized spacial score (nSPS) is 30.4. The Morgan fingerprint density at radius 3 is 2.56 bits per heavy atom. The Balaban J connectivity index is 2.25. The molecule has 1 aromatic carbocycles. The smallest absolute Gasteiger partial charge is 0.0541 e. The van der Waals surface area contributed by atoms with Crippen molar-refractivity contribution in [3.63, 3.8) is 0 Å². The molecule has 1 aliphatic carbocycles. The Kier molecular flexibility index (Phi) is 3.38. The second-order valence-corrected chi connectivity index (χ2v) is 5.71. The van der Waals surface area contributed by atoms with E-state index in [0.29, 0.717) is 0 Å². The van der Waals surface area contributed by atoms with E-state index >= 15 is 0 Å². The molecule has 2 rings (SSSR count). The zero-order valence-electron chi connectivity index (χ0n) is 9.54. The molecule has 0 aliphatic heterocycles. The van der Waals surface area contributed by atoms with E-state index in [1.54, 1.807) is 0 Å². The molecule has 0 aromatic heterocycles. The second-order valence-electron chi connectivity index (χ2n) is 4.85. The molecule has 0 atom stereocenters. The van der Waals surface area contributed by atoms with Crippen LogP contribution in [0.25, 0.3) is 0 Å². The lowest BCUT2D eigenvalue weighted by molar-refractivity contribution is 0.0969. The number of aliphatic hydroxyl groups excluding tert-OH is 1. The van der Waals surface area contributed by atoms with Crippen molar-refractivity contribution in [2.75, 3.05) is 0 Å². The van der Waals surface area contributed by atoms with Crippen LogP contribution >= 0.6 is 15.9 Å². The molecular weight excluding hydrogens is 266 g/mol. The maximum absolute atomic E-state index is 9.52. The first kappa shape index (κ1) is 12.1. The summed E-state index contributed by atoms with van der Waals surface area (Å²) in [6.07, 6.45) is 3.18. The third kappa shape index (κ3) is 2.31. The largest absolute Gasteiger partial charge is 0.393 e. The van der Waals surface area contributed by atoms with Gasteiger partial charge in [0.1, 0.15) is 0 Å². The van der Waals surface area contributed by atoms with E-state index in [2.05, 4.69) is 41.1 Å². The van der Waals surface area contributed by atoms with Gasteiger partial charge in [0.25, 0.3) is 0 Å². The molecule has 0 saturated heterocycles. The highest BCUT2D eigenvalue weighted by Gasteiger charge is 2.32. The second kappa shape index (κ2) is 4.47. The Hall–Kier alpha value is -0.380. The molecule has 1 fully saturated rings. The van der Waals surface area contributed by atoms with Crippen LogP contribution < -0.4 is 5.73 Å². The van der Waals surface area contributed by atoms with Gasteiger partial charge in [0.2, 0.25) is 0 Å². The van der Waals surface area contributed by atoms with Gasteiger partial charge in [0.05, 0.1) is 6.10 Å². The van der Waals surface area contributed by atoms with Crippen LogP contribution in [0.2, 0.25) is 0 Å². The summed E-state index contributed by atoms with van der Waals surface area (Å²) >= 11 is 3.54. The maximum atomic E-state index is 9.52. The van der Waals surface area contributed by atoms with Crippen LogP contribution in [0.5, 0.6) is 0 Å². The highest BCUT2D eigenvalue weighted by Crippen LogP contribution is 2.36. The van der Waals surface area contributed by atoms with Gasteiger partial charge in [-0.25, -0.2) is 0 Å². The molecule has 1 aliphatic rings. The number of halogens is 1. The summed E-state index contributed by atoms with van der Waals surface area (Å²) in [7, 11) is 0. The monoisotopic (exact) mass is 283 g/mol. The maximum Gasteiger partial charge on any atom is 0.0541 e. The highest BCUT2D eigenvalue weighted by molar-refractivity contribution is 9.10. The Morgan fingerprint density at radius 1 is 1.38 bits per heavy atom. The average Bonchev–Trinajstić information content (AvgIpc) is 2.26. The van der Waals surface area contributed by atoms with Crippen molar-refractivity contribution >= 4 is 15.9 Å². The summed E-state index contributed by atoms with van der Waals surface area (Å²) in [5.74, 6) is 0. The fourth-order valence-electron chi connectivity index (χ4n) is 2.31. The van der Waals surface area contributed by atoms with Crippen molar-refractivity contribution < 1.29 is 5.11 Å². The van der Waals surface area contributed by atoms with Crippen molar-refractivity contribution in [1.82, 2.24) is 0 Å². The quantitative estimate of drug-likeness (QED) is 0.833. The summed E-state index contributed by atoms with van der Waals surface area (Å²) < 4.78 is 1.11. The Labute approximate surface area is 105 Å². The molecule has 0 spiro atoms. The van der Waals surface area contributed by atoms with Gasteiger partial charge < -0.3 is 10.8 Å². The number of benzene rings is 1. The number of hydrogen-bond donors (Lipinski definition) is 2. The summed E-state index contributed by atoms with van der Waals surface area (Å²) in [5.41, 5.74) is 8.58. The molecular formula is C13H18BrNO. The van der Waals surface area contributed by atoms with E-state index in [1.807, 2.05) is 0 Å². The third-order valence-electron chi connectivity index (χ3n) is 3.59. The summed E-state index contributed by atoms with van der Waals surface area (Å²) in [5, 5.41) is 9.52. The minimum Gasteiger partial charge on any atom is -0.393 e. The van der Waals surface area contributed by atoms with Gasteiger partial charge in [-0.15, -0.1) is 0 Å². The van der Waals surface area contributed by atoms with Crippen molar-refractivity contribution in [2.24, 2.45) is 5.73 Å². The lowest BCUT2D eigenvalue weighted by atomic mass is 9.76. The predicted octanol–water partition coefficient (Wildman–Crippen LogP) is 2.85. The van der Waals surface area contributed by atoms with Gasteiger partial charge in [-0.2, -0.15) is 0 Å². The fourth-order valence-corrected chi connectivity index (χ4v) is 2.69. The molecule has 16 heavy (non-hydrogen) atoms. The van der Waals surface area contributed by atoms with Crippen LogP contribution in [0.15, 0.2) is 22.7 Å². The molecule has 0 radical (unpaired) electrons. The first-order valence-corrected chi connectivity index (χ1v) is 6.54. The number of hydrogen-bond acceptors (Lipinski definition) is 2. The SMILES string of the molecule is Cc1ccc(C2(N)CCC(O)CC2)cc1Br. The fraction of sp³-hybridized carbons (Fsp3) is 0.538. The van der Waals surface area contributed by atoms with Gasteiger partial charge in [-0.3, -0.25) is 0 Å². The zero-order valence-corrected chi connectivity index (χ0v) is 11.1. The molecule has 0 unspecified atom stereocenters. The van der Waals surface area contributed by atoms with Gasteiger partial charge >= 0.3 is 0 Å². The molecule has 3 N–H and O–H groups in total. The number of aryl methyl sites for hydroxylation is 1. The topological polar surface area (TPSA) is 46.2 Å². The molecule has 1 saturated carbocycles.